The van der Waals surface area contributed by atoms with Gasteiger partial charge in [-0.05, 0) is 41.5 Å². The summed E-state index contributed by atoms with van der Waals surface area (Å²) in [5.41, 5.74) is 6.46. The number of rotatable bonds is 6. The first kappa shape index (κ1) is 21.0. The molecule has 1 aromatic heterocycles. The molecule has 2 aliphatic heterocycles. The summed E-state index contributed by atoms with van der Waals surface area (Å²) in [5.74, 6) is -0.119. The van der Waals surface area contributed by atoms with Crippen molar-refractivity contribution in [2.75, 3.05) is 13.7 Å². The number of furan rings is 1. The third-order valence-corrected chi connectivity index (χ3v) is 6.01. The smallest absolute Gasteiger partial charge is 0.322 e. The first-order valence-electron chi connectivity index (χ1n) is 10.4. The largest absolute Gasteiger partial charge is 0.497 e. The van der Waals surface area contributed by atoms with E-state index in [0.717, 1.165) is 11.1 Å². The summed E-state index contributed by atoms with van der Waals surface area (Å²) in [6.45, 7) is 0.163. The van der Waals surface area contributed by atoms with Crippen molar-refractivity contribution in [1.82, 2.24) is 15.5 Å². The van der Waals surface area contributed by atoms with E-state index < -0.39 is 23.7 Å². The van der Waals surface area contributed by atoms with Crippen LogP contribution in [0, 0.1) is 0 Å². The van der Waals surface area contributed by atoms with E-state index in [1.807, 2.05) is 0 Å². The number of benzene rings is 2. The number of aliphatic hydroxyl groups is 1. The number of carbonyl (C=O) groups is 3. The molecule has 0 bridgehead atoms. The maximum Gasteiger partial charge on any atom is 0.322 e. The van der Waals surface area contributed by atoms with E-state index in [2.05, 4.69) is 10.6 Å². The van der Waals surface area contributed by atoms with Gasteiger partial charge in [0.05, 0.1) is 13.7 Å². The van der Waals surface area contributed by atoms with Crippen molar-refractivity contribution >= 4 is 28.8 Å². The lowest BCUT2D eigenvalue weighted by Crippen LogP contribution is -2.52. The van der Waals surface area contributed by atoms with Crippen LogP contribution in [0.2, 0.25) is 0 Å². The number of hydrogen-bond donors (Lipinski definition) is 4. The van der Waals surface area contributed by atoms with Crippen molar-refractivity contribution in [2.24, 2.45) is 5.73 Å². The van der Waals surface area contributed by atoms with E-state index in [1.54, 1.807) is 42.5 Å². The van der Waals surface area contributed by atoms with Crippen LogP contribution < -0.4 is 21.1 Å². The fourth-order valence-electron chi connectivity index (χ4n) is 4.41. The number of nitrogens with one attached hydrogen (secondary N) is 2. The van der Waals surface area contributed by atoms with E-state index in [9.17, 15) is 19.5 Å². The van der Waals surface area contributed by atoms with Crippen LogP contribution in [0.25, 0.3) is 11.0 Å². The Morgan fingerprint density at radius 2 is 2.03 bits per heavy atom. The Hall–Kier alpha value is -3.89. The number of fused-ring (bicyclic) bond motifs is 2. The predicted molar refractivity (Wildman–Crippen MR) is 116 cm³/mol. The Labute approximate surface area is 188 Å². The number of urea groups is 1. The fourth-order valence-corrected chi connectivity index (χ4v) is 4.41. The molecule has 0 saturated carbocycles. The van der Waals surface area contributed by atoms with Gasteiger partial charge in [-0.3, -0.25) is 14.9 Å². The monoisotopic (exact) mass is 450 g/mol. The highest BCUT2D eigenvalue weighted by Crippen LogP contribution is 2.35. The van der Waals surface area contributed by atoms with Gasteiger partial charge in [-0.25, -0.2) is 4.79 Å². The number of aliphatic hydroxyl groups excluding tert-OH is 1. The second-order valence-corrected chi connectivity index (χ2v) is 8.25. The topological polar surface area (TPSA) is 147 Å². The summed E-state index contributed by atoms with van der Waals surface area (Å²) in [5, 5.41) is 15.1. The number of methoxy groups -OCH3 is 1. The van der Waals surface area contributed by atoms with E-state index in [0.29, 0.717) is 22.3 Å². The van der Waals surface area contributed by atoms with Crippen LogP contribution in [-0.4, -0.2) is 47.7 Å². The van der Waals surface area contributed by atoms with Gasteiger partial charge in [-0.15, -0.1) is 0 Å². The van der Waals surface area contributed by atoms with Gasteiger partial charge in [0.25, 0.3) is 11.8 Å². The highest BCUT2D eigenvalue weighted by molar-refractivity contribution is 6.08. The molecule has 1 saturated heterocycles. The maximum absolute atomic E-state index is 13.1. The molecule has 170 valence electrons. The van der Waals surface area contributed by atoms with Gasteiger partial charge in [0.15, 0.2) is 5.54 Å². The first-order valence-corrected chi connectivity index (χ1v) is 10.4. The highest BCUT2D eigenvalue weighted by atomic mass is 16.5. The number of nitrogens with zero attached hydrogens (tertiary/aromatic N) is 1. The summed E-state index contributed by atoms with van der Waals surface area (Å²) in [6, 6.07) is 11.5. The van der Waals surface area contributed by atoms with Crippen LogP contribution in [0.5, 0.6) is 5.75 Å². The van der Waals surface area contributed by atoms with Crippen LogP contribution in [0.1, 0.15) is 27.2 Å². The van der Waals surface area contributed by atoms with E-state index in [4.69, 9.17) is 14.9 Å². The van der Waals surface area contributed by atoms with Gasteiger partial charge in [-0.2, -0.15) is 0 Å². The lowest BCUT2D eigenvalue weighted by Gasteiger charge is -2.29. The molecular weight excluding hydrogens is 428 g/mol. The molecule has 5 rings (SSSR count). The molecule has 1 fully saturated rings. The molecule has 3 heterocycles. The average molecular weight is 450 g/mol. The number of carbonyl (C=O) groups excluding carboxylic acids is 3. The van der Waals surface area contributed by atoms with E-state index in [-0.39, 0.29) is 31.2 Å². The molecule has 10 heteroatoms. The first-order chi connectivity index (χ1) is 15.8. The SMILES string of the molecule is COc1ccc2c(c1)C(=O)N(C[C@@]1(c3cc4cc(CC(N)O)ccc4o3)NC(=O)NC1=O)C2. The molecule has 4 amide bonds. The van der Waals surface area contributed by atoms with Crippen LogP contribution >= 0.6 is 0 Å². The Bertz CT molecular complexity index is 1300. The molecule has 2 atom stereocenters. The van der Waals surface area contributed by atoms with Crippen molar-refractivity contribution in [3.63, 3.8) is 0 Å². The average Bonchev–Trinajstić information content (AvgIpc) is 3.41. The standard InChI is InChI=1S/C23H22N4O6/c1-32-15-4-3-13-10-27(20(29)16(13)9-15)11-23(21(30)25-22(31)26-23)18-8-14-6-12(7-19(24)28)2-5-17(14)33-18/h2-6,8-9,19,28H,7,10-11,24H2,1H3,(H2,25,26,30,31)/t19?,23-/m0/s1. The Balaban J connectivity index is 1.52. The Morgan fingerprint density at radius 1 is 1.21 bits per heavy atom. The van der Waals surface area contributed by atoms with Gasteiger partial charge < -0.3 is 30.2 Å². The Kier molecular flexibility index (Phi) is 4.84. The molecule has 33 heavy (non-hydrogen) atoms. The molecule has 3 aromatic rings. The summed E-state index contributed by atoms with van der Waals surface area (Å²) in [6.07, 6.45) is -0.746. The molecule has 10 nitrogen and oxygen atoms in total. The van der Waals surface area contributed by atoms with Crippen LogP contribution in [-0.2, 0) is 23.3 Å². The highest BCUT2D eigenvalue weighted by Gasteiger charge is 2.53. The van der Waals surface area contributed by atoms with Gasteiger partial charge in [0.1, 0.15) is 23.3 Å². The van der Waals surface area contributed by atoms with Crippen LogP contribution in [0.3, 0.4) is 0 Å². The molecule has 5 N–H and O–H groups in total. The predicted octanol–water partition coefficient (Wildman–Crippen LogP) is 0.952. The van der Waals surface area contributed by atoms with Gasteiger partial charge >= 0.3 is 6.03 Å². The third-order valence-electron chi connectivity index (χ3n) is 6.01. The van der Waals surface area contributed by atoms with Crippen molar-refractivity contribution in [2.45, 2.75) is 24.7 Å². The summed E-state index contributed by atoms with van der Waals surface area (Å²) >= 11 is 0. The van der Waals surface area contributed by atoms with Crippen molar-refractivity contribution < 1.29 is 28.6 Å². The zero-order valence-corrected chi connectivity index (χ0v) is 17.8. The normalized spacial score (nSPS) is 20.7. The molecule has 0 aliphatic carbocycles. The quantitative estimate of drug-likeness (QED) is 0.323. The molecular formula is C23H22N4O6. The minimum Gasteiger partial charge on any atom is -0.497 e. The number of imide groups is 1. The minimum absolute atomic E-state index is 0.116. The maximum atomic E-state index is 13.1. The summed E-state index contributed by atoms with van der Waals surface area (Å²) < 4.78 is 11.2. The summed E-state index contributed by atoms with van der Waals surface area (Å²) in [4.78, 5) is 39.7. The molecule has 2 aromatic carbocycles. The zero-order valence-electron chi connectivity index (χ0n) is 17.8. The second kappa shape index (κ2) is 7.61. The van der Waals surface area contributed by atoms with Crippen molar-refractivity contribution in [3.8, 4) is 5.75 Å². The van der Waals surface area contributed by atoms with Crippen LogP contribution in [0.15, 0.2) is 46.9 Å². The number of nitrogens with two attached hydrogens (primary N) is 1. The van der Waals surface area contributed by atoms with E-state index in [1.165, 1.54) is 12.0 Å². The number of ether oxygens (including phenoxy) is 1. The van der Waals surface area contributed by atoms with Crippen LogP contribution in [0.4, 0.5) is 4.79 Å². The molecule has 1 unspecified atom stereocenters. The Morgan fingerprint density at radius 3 is 2.73 bits per heavy atom. The fraction of sp³-hybridized carbons (Fsp3) is 0.261. The van der Waals surface area contributed by atoms with E-state index >= 15 is 0 Å². The van der Waals surface area contributed by atoms with Crippen molar-refractivity contribution in [1.29, 1.82) is 0 Å². The zero-order chi connectivity index (χ0) is 23.3. The number of hydrogen-bond acceptors (Lipinski definition) is 7. The summed E-state index contributed by atoms with van der Waals surface area (Å²) in [7, 11) is 1.52. The molecule has 0 spiro atoms. The van der Waals surface area contributed by atoms with Gasteiger partial charge in [-0.1, -0.05) is 12.1 Å². The second-order valence-electron chi connectivity index (χ2n) is 8.25. The lowest BCUT2D eigenvalue weighted by molar-refractivity contribution is -0.125. The van der Waals surface area contributed by atoms with Crippen molar-refractivity contribution in [3.05, 3.63) is 64.9 Å². The molecule has 2 aliphatic rings. The minimum atomic E-state index is -1.59. The van der Waals surface area contributed by atoms with Gasteiger partial charge in [0.2, 0.25) is 0 Å². The molecule has 0 radical (unpaired) electrons. The van der Waals surface area contributed by atoms with Gasteiger partial charge in [0, 0.05) is 23.9 Å². The number of amides is 4. The lowest BCUT2D eigenvalue weighted by atomic mass is 9.95. The third kappa shape index (κ3) is 3.49.